The summed E-state index contributed by atoms with van der Waals surface area (Å²) in [5, 5.41) is 11.9. The highest BCUT2D eigenvalue weighted by atomic mass is 32.1. The highest BCUT2D eigenvalue weighted by Gasteiger charge is 2.41. The minimum absolute atomic E-state index is 0.0212. The van der Waals surface area contributed by atoms with Crippen LogP contribution in [0.3, 0.4) is 0 Å². The van der Waals surface area contributed by atoms with Crippen LogP contribution in [0.25, 0.3) is 0 Å². The molecule has 0 bridgehead atoms. The van der Waals surface area contributed by atoms with E-state index in [4.69, 9.17) is 0 Å². The lowest BCUT2D eigenvalue weighted by Crippen LogP contribution is -2.45. The van der Waals surface area contributed by atoms with Crippen molar-refractivity contribution in [3.63, 3.8) is 0 Å². The number of rotatable bonds is 3. The molecule has 0 radical (unpaired) electrons. The van der Waals surface area contributed by atoms with Crippen molar-refractivity contribution < 1.29 is 14.7 Å². The Morgan fingerprint density at radius 2 is 2.39 bits per heavy atom. The number of hydrogen-bond acceptors (Lipinski definition) is 4. The first-order chi connectivity index (χ1) is 8.54. The molecular formula is C12H16N2O3S. The van der Waals surface area contributed by atoms with Crippen LogP contribution >= 0.6 is 11.3 Å². The lowest BCUT2D eigenvalue weighted by Gasteiger charge is -2.37. The number of piperidine rings is 1. The summed E-state index contributed by atoms with van der Waals surface area (Å²) in [6.07, 6.45) is 0.708. The van der Waals surface area contributed by atoms with Gasteiger partial charge in [-0.1, -0.05) is 0 Å². The molecule has 18 heavy (non-hydrogen) atoms. The summed E-state index contributed by atoms with van der Waals surface area (Å²) in [7, 11) is 0. The summed E-state index contributed by atoms with van der Waals surface area (Å²) < 4.78 is 0. The molecule has 2 rings (SSSR count). The Kier molecular flexibility index (Phi) is 3.65. The molecular weight excluding hydrogens is 252 g/mol. The van der Waals surface area contributed by atoms with E-state index in [9.17, 15) is 14.7 Å². The molecule has 2 unspecified atom stereocenters. The second-order valence-electron chi connectivity index (χ2n) is 4.44. The monoisotopic (exact) mass is 268 g/mol. The van der Waals surface area contributed by atoms with Gasteiger partial charge < -0.3 is 10.0 Å². The third-order valence-corrected chi connectivity index (χ3v) is 4.29. The molecule has 0 aromatic carbocycles. The summed E-state index contributed by atoms with van der Waals surface area (Å²) >= 11 is 1.43. The van der Waals surface area contributed by atoms with Crippen molar-refractivity contribution in [2.24, 2.45) is 5.92 Å². The van der Waals surface area contributed by atoms with Crippen molar-refractivity contribution in [3.05, 3.63) is 16.1 Å². The predicted octanol–water partition coefficient (Wildman–Crippen LogP) is 1.84. The van der Waals surface area contributed by atoms with Crippen molar-refractivity contribution >= 4 is 23.2 Å². The fourth-order valence-corrected chi connectivity index (χ4v) is 3.37. The largest absolute Gasteiger partial charge is 0.481 e. The van der Waals surface area contributed by atoms with Crippen LogP contribution in [0.4, 0.5) is 0 Å². The predicted molar refractivity (Wildman–Crippen MR) is 67.3 cm³/mol. The number of amides is 1. The summed E-state index contributed by atoms with van der Waals surface area (Å²) in [6.45, 7) is 4.26. The molecule has 0 spiro atoms. The van der Waals surface area contributed by atoms with Crippen LogP contribution in [0.2, 0.25) is 0 Å². The minimum atomic E-state index is -0.848. The Morgan fingerprint density at radius 3 is 2.89 bits per heavy atom. The number of hydrogen-bond donors (Lipinski definition) is 1. The minimum Gasteiger partial charge on any atom is -0.481 e. The van der Waals surface area contributed by atoms with Crippen LogP contribution in [-0.4, -0.2) is 33.4 Å². The van der Waals surface area contributed by atoms with E-state index in [0.717, 1.165) is 10.7 Å². The van der Waals surface area contributed by atoms with E-state index >= 15 is 0 Å². The van der Waals surface area contributed by atoms with E-state index in [1.165, 1.54) is 11.3 Å². The zero-order valence-electron chi connectivity index (χ0n) is 10.4. The molecule has 1 aliphatic rings. The van der Waals surface area contributed by atoms with Crippen molar-refractivity contribution in [2.45, 2.75) is 32.7 Å². The molecule has 1 aliphatic heterocycles. The Labute approximate surface area is 109 Å². The Hall–Kier alpha value is -1.43. The standard InChI is InChI=1S/C12H16N2O3S/c1-3-14-9(15)5-4-8(12(16)17)10(14)11-13-7(2)6-18-11/h6,8,10H,3-5H2,1-2H3,(H,16,17). The van der Waals surface area contributed by atoms with Crippen LogP contribution in [0, 0.1) is 12.8 Å². The highest BCUT2D eigenvalue weighted by molar-refractivity contribution is 7.09. The molecule has 1 N–H and O–H groups in total. The fraction of sp³-hybridized carbons (Fsp3) is 0.583. The van der Waals surface area contributed by atoms with Gasteiger partial charge in [0, 0.05) is 24.0 Å². The van der Waals surface area contributed by atoms with Crippen LogP contribution < -0.4 is 0 Å². The van der Waals surface area contributed by atoms with E-state index < -0.39 is 17.9 Å². The van der Waals surface area contributed by atoms with Gasteiger partial charge in [-0.15, -0.1) is 11.3 Å². The van der Waals surface area contributed by atoms with E-state index in [2.05, 4.69) is 4.98 Å². The molecule has 2 atom stereocenters. The maximum atomic E-state index is 11.9. The van der Waals surface area contributed by atoms with Gasteiger partial charge in [0.05, 0.1) is 12.0 Å². The third kappa shape index (κ3) is 2.25. The molecule has 98 valence electrons. The van der Waals surface area contributed by atoms with Crippen LogP contribution in [0.5, 0.6) is 0 Å². The van der Waals surface area contributed by atoms with E-state index in [-0.39, 0.29) is 5.91 Å². The normalized spacial score (nSPS) is 24.3. The lowest BCUT2D eigenvalue weighted by atomic mass is 9.89. The maximum Gasteiger partial charge on any atom is 0.309 e. The molecule has 6 heteroatoms. The Balaban J connectivity index is 2.39. The molecule has 0 saturated carbocycles. The number of carboxylic acids is 1. The van der Waals surface area contributed by atoms with Gasteiger partial charge in [-0.25, -0.2) is 4.98 Å². The Bertz CT molecular complexity index is 470. The number of aryl methyl sites for hydroxylation is 1. The van der Waals surface area contributed by atoms with Gasteiger partial charge in [0.25, 0.3) is 0 Å². The molecule has 1 amide bonds. The van der Waals surface area contributed by atoms with Crippen molar-refractivity contribution in [3.8, 4) is 0 Å². The number of likely N-dealkylation sites (tertiary alicyclic amines) is 1. The fourth-order valence-electron chi connectivity index (χ4n) is 2.40. The zero-order valence-corrected chi connectivity index (χ0v) is 11.2. The van der Waals surface area contributed by atoms with Crippen molar-refractivity contribution in [2.75, 3.05) is 6.54 Å². The van der Waals surface area contributed by atoms with Crippen LogP contribution in [0.1, 0.15) is 36.5 Å². The molecule has 5 nitrogen and oxygen atoms in total. The zero-order chi connectivity index (χ0) is 13.3. The Morgan fingerprint density at radius 1 is 1.67 bits per heavy atom. The molecule has 1 saturated heterocycles. The molecule has 1 fully saturated rings. The lowest BCUT2D eigenvalue weighted by molar-refractivity contribution is -0.151. The summed E-state index contributed by atoms with van der Waals surface area (Å²) in [6, 6.07) is -0.410. The number of carbonyl (C=O) groups excluding carboxylic acids is 1. The number of carbonyl (C=O) groups is 2. The average Bonchev–Trinajstić information content (AvgIpc) is 2.74. The summed E-state index contributed by atoms with van der Waals surface area (Å²) in [5.74, 6) is -1.38. The molecule has 2 heterocycles. The first kappa shape index (κ1) is 13.0. The highest BCUT2D eigenvalue weighted by Crippen LogP contribution is 2.37. The van der Waals surface area contributed by atoms with Gasteiger partial charge in [0.1, 0.15) is 5.01 Å². The van der Waals surface area contributed by atoms with E-state index in [1.807, 2.05) is 19.2 Å². The second kappa shape index (κ2) is 5.06. The van der Waals surface area contributed by atoms with Crippen LogP contribution in [0.15, 0.2) is 5.38 Å². The van der Waals surface area contributed by atoms with E-state index in [0.29, 0.717) is 19.4 Å². The van der Waals surface area contributed by atoms with Crippen LogP contribution in [-0.2, 0) is 9.59 Å². The number of nitrogens with zero attached hydrogens (tertiary/aromatic N) is 2. The molecule has 1 aromatic rings. The number of aromatic nitrogens is 1. The average molecular weight is 268 g/mol. The summed E-state index contributed by atoms with van der Waals surface area (Å²) in [5.41, 5.74) is 0.869. The number of thiazole rings is 1. The van der Waals surface area contributed by atoms with E-state index in [1.54, 1.807) is 4.90 Å². The molecule has 1 aromatic heterocycles. The smallest absolute Gasteiger partial charge is 0.309 e. The van der Waals surface area contributed by atoms with Crippen molar-refractivity contribution in [1.29, 1.82) is 0 Å². The first-order valence-electron chi connectivity index (χ1n) is 5.99. The van der Waals surface area contributed by atoms with Gasteiger partial charge in [0.2, 0.25) is 5.91 Å². The van der Waals surface area contributed by atoms with Gasteiger partial charge >= 0.3 is 5.97 Å². The number of aliphatic carboxylic acids is 1. The van der Waals surface area contributed by atoms with Crippen molar-refractivity contribution in [1.82, 2.24) is 9.88 Å². The second-order valence-corrected chi connectivity index (χ2v) is 5.32. The van der Waals surface area contributed by atoms with Gasteiger partial charge in [-0.2, -0.15) is 0 Å². The topological polar surface area (TPSA) is 70.5 Å². The van der Waals surface area contributed by atoms with Gasteiger partial charge in [0.15, 0.2) is 0 Å². The third-order valence-electron chi connectivity index (χ3n) is 3.25. The quantitative estimate of drug-likeness (QED) is 0.908. The van der Waals surface area contributed by atoms with Gasteiger partial charge in [-0.3, -0.25) is 9.59 Å². The SMILES string of the molecule is CCN1C(=O)CCC(C(=O)O)C1c1nc(C)cs1. The van der Waals surface area contributed by atoms with Gasteiger partial charge in [-0.05, 0) is 20.3 Å². The number of carboxylic acid groups (broad SMARTS) is 1. The maximum absolute atomic E-state index is 11.9. The molecule has 0 aliphatic carbocycles. The summed E-state index contributed by atoms with van der Waals surface area (Å²) in [4.78, 5) is 29.2. The first-order valence-corrected chi connectivity index (χ1v) is 6.86.